The van der Waals surface area contributed by atoms with Gasteiger partial charge in [0.25, 0.3) is 0 Å². The second kappa shape index (κ2) is 7.20. The molecule has 6 heteroatoms. The molecule has 2 N–H and O–H groups in total. The van der Waals surface area contributed by atoms with Gasteiger partial charge in [-0.15, -0.1) is 0 Å². The minimum absolute atomic E-state index is 0.389. The van der Waals surface area contributed by atoms with E-state index in [0.717, 1.165) is 17.0 Å². The maximum Gasteiger partial charge on any atom is 0.191 e. The molecule has 0 aliphatic rings. The first-order valence-corrected chi connectivity index (χ1v) is 6.33. The van der Waals surface area contributed by atoms with Crippen LogP contribution in [0.1, 0.15) is 5.56 Å². The molecule has 0 saturated carbocycles. The van der Waals surface area contributed by atoms with Crippen LogP contribution in [0.4, 0.5) is 5.69 Å². The van der Waals surface area contributed by atoms with Crippen molar-refractivity contribution in [3.63, 3.8) is 0 Å². The summed E-state index contributed by atoms with van der Waals surface area (Å²) >= 11 is 5.16. The molecule has 0 atom stereocenters. The molecular formula is C14H14N4OS. The van der Waals surface area contributed by atoms with Crippen molar-refractivity contribution in [3.8, 4) is 5.75 Å². The fourth-order valence-corrected chi connectivity index (χ4v) is 1.68. The molecule has 1 aromatic carbocycles. The summed E-state index contributed by atoms with van der Waals surface area (Å²) in [5.74, 6) is 0.717. The lowest BCUT2D eigenvalue weighted by Crippen LogP contribution is -2.24. The number of thiocarbonyl (C=S) groups is 1. The zero-order chi connectivity index (χ0) is 14.2. The molecule has 0 saturated heterocycles. The molecule has 102 valence electrons. The Hall–Kier alpha value is -2.47. The zero-order valence-electron chi connectivity index (χ0n) is 10.9. The number of nitrogens with zero attached hydrogens (tertiary/aromatic N) is 2. The van der Waals surface area contributed by atoms with E-state index in [9.17, 15) is 0 Å². The van der Waals surface area contributed by atoms with Gasteiger partial charge in [-0.3, -0.25) is 10.4 Å². The van der Waals surface area contributed by atoms with Gasteiger partial charge in [-0.25, -0.2) is 0 Å². The van der Waals surface area contributed by atoms with Crippen molar-refractivity contribution in [3.05, 3.63) is 54.4 Å². The van der Waals surface area contributed by atoms with Gasteiger partial charge >= 0.3 is 0 Å². The highest BCUT2D eigenvalue weighted by molar-refractivity contribution is 7.80. The summed E-state index contributed by atoms with van der Waals surface area (Å²) in [4.78, 5) is 3.93. The molecule has 0 amide bonds. The maximum atomic E-state index is 5.22. The Morgan fingerprint density at radius 2 is 2.00 bits per heavy atom. The normalized spacial score (nSPS) is 10.2. The number of rotatable bonds is 4. The first-order valence-electron chi connectivity index (χ1n) is 5.92. The van der Waals surface area contributed by atoms with Gasteiger partial charge in [0, 0.05) is 12.4 Å². The van der Waals surface area contributed by atoms with E-state index in [4.69, 9.17) is 17.0 Å². The smallest absolute Gasteiger partial charge is 0.191 e. The summed E-state index contributed by atoms with van der Waals surface area (Å²) in [6, 6.07) is 11.2. The van der Waals surface area contributed by atoms with Crippen LogP contribution in [-0.2, 0) is 0 Å². The number of ether oxygens (including phenoxy) is 1. The molecule has 1 heterocycles. The first kappa shape index (κ1) is 14.0. The van der Waals surface area contributed by atoms with Gasteiger partial charge in [-0.05, 0) is 42.0 Å². The van der Waals surface area contributed by atoms with E-state index in [0.29, 0.717) is 5.11 Å². The monoisotopic (exact) mass is 286 g/mol. The van der Waals surface area contributed by atoms with Gasteiger partial charge < -0.3 is 10.1 Å². The van der Waals surface area contributed by atoms with Crippen LogP contribution < -0.4 is 15.5 Å². The molecular weight excluding hydrogens is 272 g/mol. The second-order valence-electron chi connectivity index (χ2n) is 3.80. The standard InChI is InChI=1S/C14H14N4OS/c1-19-13-5-3-2-4-12(13)17-14(20)18-16-10-11-6-8-15-9-7-11/h2-10H,1H3,(H2,17,18,20)/b16-10-. The van der Waals surface area contributed by atoms with E-state index >= 15 is 0 Å². The summed E-state index contributed by atoms with van der Waals surface area (Å²) in [5, 5.41) is 7.45. The number of benzene rings is 1. The number of aromatic nitrogens is 1. The Labute approximate surface area is 122 Å². The SMILES string of the molecule is COc1ccccc1NC(=S)N/N=C\c1ccncc1. The molecule has 0 aliphatic carbocycles. The predicted molar refractivity (Wildman–Crippen MR) is 84.2 cm³/mol. The molecule has 20 heavy (non-hydrogen) atoms. The molecule has 2 aromatic rings. The minimum atomic E-state index is 0.389. The molecule has 0 unspecified atom stereocenters. The number of pyridine rings is 1. The van der Waals surface area contributed by atoms with Crippen LogP contribution in [0.25, 0.3) is 0 Å². The van der Waals surface area contributed by atoms with Crippen molar-refractivity contribution >= 4 is 29.2 Å². The Kier molecular flexibility index (Phi) is 5.02. The van der Waals surface area contributed by atoms with Gasteiger partial charge in [0.05, 0.1) is 19.0 Å². The Balaban J connectivity index is 1.91. The van der Waals surface area contributed by atoms with Crippen LogP contribution >= 0.6 is 12.2 Å². The Bertz CT molecular complexity index is 601. The number of para-hydroxylation sites is 2. The number of nitrogens with one attached hydrogen (secondary N) is 2. The lowest BCUT2D eigenvalue weighted by molar-refractivity contribution is 0.417. The molecule has 0 aliphatic heterocycles. The van der Waals surface area contributed by atoms with Gasteiger partial charge in [0.2, 0.25) is 0 Å². The van der Waals surface area contributed by atoms with Crippen molar-refractivity contribution < 1.29 is 4.74 Å². The summed E-state index contributed by atoms with van der Waals surface area (Å²) in [6.45, 7) is 0. The molecule has 0 bridgehead atoms. The topological polar surface area (TPSA) is 58.5 Å². The van der Waals surface area contributed by atoms with Gasteiger partial charge in [-0.1, -0.05) is 12.1 Å². The third kappa shape index (κ3) is 4.03. The van der Waals surface area contributed by atoms with Gasteiger partial charge in [0.15, 0.2) is 5.11 Å². The average molecular weight is 286 g/mol. The highest BCUT2D eigenvalue weighted by Crippen LogP contribution is 2.22. The van der Waals surface area contributed by atoms with Crippen molar-refractivity contribution in [2.45, 2.75) is 0 Å². The minimum Gasteiger partial charge on any atom is -0.495 e. The molecule has 5 nitrogen and oxygen atoms in total. The number of anilines is 1. The third-order valence-electron chi connectivity index (χ3n) is 2.44. The zero-order valence-corrected chi connectivity index (χ0v) is 11.7. The molecule has 0 fully saturated rings. The van der Waals surface area contributed by atoms with Crippen LogP contribution in [0, 0.1) is 0 Å². The highest BCUT2D eigenvalue weighted by atomic mass is 32.1. The predicted octanol–water partition coefficient (Wildman–Crippen LogP) is 2.41. The second-order valence-corrected chi connectivity index (χ2v) is 4.21. The third-order valence-corrected chi connectivity index (χ3v) is 2.63. The molecule has 2 rings (SSSR count). The fraction of sp³-hybridized carbons (Fsp3) is 0.0714. The van der Waals surface area contributed by atoms with Crippen LogP contribution in [0.5, 0.6) is 5.75 Å². The van der Waals surface area contributed by atoms with Gasteiger partial charge in [0.1, 0.15) is 5.75 Å². The van der Waals surface area contributed by atoms with Crippen molar-refractivity contribution in [2.75, 3.05) is 12.4 Å². The summed E-state index contributed by atoms with van der Waals surface area (Å²) < 4.78 is 5.22. The van der Waals surface area contributed by atoms with E-state index in [-0.39, 0.29) is 0 Å². The largest absolute Gasteiger partial charge is 0.495 e. The number of hydrazone groups is 1. The van der Waals surface area contributed by atoms with Crippen LogP contribution in [-0.4, -0.2) is 23.4 Å². The van der Waals surface area contributed by atoms with E-state index < -0.39 is 0 Å². The van der Waals surface area contributed by atoms with E-state index in [1.54, 1.807) is 25.7 Å². The van der Waals surface area contributed by atoms with Gasteiger partial charge in [-0.2, -0.15) is 5.10 Å². The Morgan fingerprint density at radius 1 is 1.25 bits per heavy atom. The number of hydrogen-bond acceptors (Lipinski definition) is 4. The Morgan fingerprint density at radius 3 is 2.75 bits per heavy atom. The summed E-state index contributed by atoms with van der Waals surface area (Å²) in [5.41, 5.74) is 4.47. The van der Waals surface area contributed by atoms with Crippen LogP contribution in [0.15, 0.2) is 53.9 Å². The van der Waals surface area contributed by atoms with E-state index in [1.807, 2.05) is 36.4 Å². The summed E-state index contributed by atoms with van der Waals surface area (Å²) in [7, 11) is 1.61. The van der Waals surface area contributed by atoms with Crippen molar-refractivity contribution in [1.82, 2.24) is 10.4 Å². The fourth-order valence-electron chi connectivity index (χ4n) is 1.51. The summed E-state index contributed by atoms with van der Waals surface area (Å²) in [6.07, 6.45) is 5.07. The van der Waals surface area contributed by atoms with Crippen molar-refractivity contribution in [1.29, 1.82) is 0 Å². The van der Waals surface area contributed by atoms with E-state index in [1.165, 1.54) is 0 Å². The first-order chi connectivity index (χ1) is 9.79. The molecule has 0 spiro atoms. The molecule has 0 radical (unpaired) electrons. The number of methoxy groups -OCH3 is 1. The quantitative estimate of drug-likeness (QED) is 0.513. The maximum absolute atomic E-state index is 5.22. The van der Waals surface area contributed by atoms with E-state index in [2.05, 4.69) is 20.8 Å². The average Bonchev–Trinajstić information content (AvgIpc) is 2.49. The van der Waals surface area contributed by atoms with Crippen molar-refractivity contribution in [2.24, 2.45) is 5.10 Å². The highest BCUT2D eigenvalue weighted by Gasteiger charge is 2.02. The lowest BCUT2D eigenvalue weighted by Gasteiger charge is -2.10. The number of hydrogen-bond donors (Lipinski definition) is 2. The lowest BCUT2D eigenvalue weighted by atomic mass is 10.3. The van der Waals surface area contributed by atoms with Crippen LogP contribution in [0.2, 0.25) is 0 Å². The molecule has 1 aromatic heterocycles. The van der Waals surface area contributed by atoms with Crippen LogP contribution in [0.3, 0.4) is 0 Å².